The van der Waals surface area contributed by atoms with Crippen molar-refractivity contribution in [2.75, 3.05) is 31.6 Å². The van der Waals surface area contributed by atoms with Crippen molar-refractivity contribution in [3.8, 4) is 27.6 Å². The maximum Gasteiger partial charge on any atom is 0.262 e. The number of piperidine rings is 1. The number of fused-ring (bicyclic) bond motifs is 1. The molecule has 1 fully saturated rings. The van der Waals surface area contributed by atoms with Crippen LogP contribution in [0.5, 0.6) is 11.5 Å². The van der Waals surface area contributed by atoms with Crippen LogP contribution in [0.3, 0.4) is 0 Å². The molecule has 14 heteroatoms. The van der Waals surface area contributed by atoms with Crippen LogP contribution in [0.2, 0.25) is 5.02 Å². The first-order chi connectivity index (χ1) is 21.9. The fourth-order valence-corrected chi connectivity index (χ4v) is 7.43. The SMILES string of the molecule is CC(Oc1cc(-n2cnc3cc(-c4cnn(C)c4)ccc32)sc1C(N)=O)c1cccc(OC2CCN(CCS(C)(=O)=O)CC2)c1Cl. The number of aromatic nitrogens is 4. The van der Waals surface area contributed by atoms with Gasteiger partial charge in [0.15, 0.2) is 0 Å². The van der Waals surface area contributed by atoms with E-state index >= 15 is 0 Å². The van der Waals surface area contributed by atoms with Gasteiger partial charge in [-0.1, -0.05) is 29.8 Å². The third kappa shape index (κ3) is 7.07. The summed E-state index contributed by atoms with van der Waals surface area (Å²) in [6.07, 6.45) is 7.72. The zero-order chi connectivity index (χ0) is 32.6. The fraction of sp³-hybridized carbons (Fsp3) is 0.344. The number of carbonyl (C=O) groups excluding carboxylic acids is 1. The molecule has 1 unspecified atom stereocenters. The van der Waals surface area contributed by atoms with Gasteiger partial charge >= 0.3 is 0 Å². The Morgan fingerprint density at radius 1 is 1.15 bits per heavy atom. The largest absolute Gasteiger partial charge is 0.489 e. The topological polar surface area (TPSA) is 135 Å². The summed E-state index contributed by atoms with van der Waals surface area (Å²) in [6.45, 7) is 3.90. The Bertz CT molecular complexity index is 1990. The minimum atomic E-state index is -3.00. The second kappa shape index (κ2) is 13.1. The van der Waals surface area contributed by atoms with E-state index in [-0.39, 0.29) is 11.9 Å². The monoisotopic (exact) mass is 682 g/mol. The van der Waals surface area contributed by atoms with E-state index < -0.39 is 21.8 Å². The number of primary amides is 1. The third-order valence-electron chi connectivity index (χ3n) is 8.07. The van der Waals surface area contributed by atoms with Crippen molar-refractivity contribution in [3.05, 3.63) is 76.6 Å². The Kier molecular flexibility index (Phi) is 9.10. The summed E-state index contributed by atoms with van der Waals surface area (Å²) in [6, 6.07) is 13.4. The average molecular weight is 683 g/mol. The molecule has 1 saturated heterocycles. The van der Waals surface area contributed by atoms with Crippen LogP contribution in [-0.4, -0.2) is 76.3 Å². The molecule has 5 aromatic rings. The number of sulfone groups is 1. The molecule has 0 spiro atoms. The first-order valence-electron chi connectivity index (χ1n) is 14.9. The highest BCUT2D eigenvalue weighted by Crippen LogP contribution is 2.39. The van der Waals surface area contributed by atoms with E-state index in [4.69, 9.17) is 26.8 Å². The molecule has 1 aliphatic rings. The Hall–Kier alpha value is -3.91. The summed E-state index contributed by atoms with van der Waals surface area (Å²) in [5.74, 6) is 0.478. The molecule has 11 nitrogen and oxygen atoms in total. The third-order valence-corrected chi connectivity index (χ3v) is 10.5. The number of hydrogen-bond acceptors (Lipinski definition) is 9. The van der Waals surface area contributed by atoms with Gasteiger partial charge in [0.2, 0.25) is 0 Å². The maximum absolute atomic E-state index is 12.5. The van der Waals surface area contributed by atoms with Gasteiger partial charge in [0.1, 0.15) is 49.7 Å². The van der Waals surface area contributed by atoms with Crippen LogP contribution in [0.15, 0.2) is 61.2 Å². The summed E-state index contributed by atoms with van der Waals surface area (Å²) in [5, 5.41) is 5.43. The second-order valence-electron chi connectivity index (χ2n) is 11.6. The van der Waals surface area contributed by atoms with Gasteiger partial charge in [-0.3, -0.25) is 14.0 Å². The van der Waals surface area contributed by atoms with E-state index in [9.17, 15) is 13.2 Å². The number of benzene rings is 2. The molecule has 46 heavy (non-hydrogen) atoms. The second-order valence-corrected chi connectivity index (χ2v) is 15.2. The summed E-state index contributed by atoms with van der Waals surface area (Å²) in [7, 11) is -1.12. The molecule has 4 heterocycles. The van der Waals surface area contributed by atoms with E-state index in [1.807, 2.05) is 67.3 Å². The molecule has 2 aromatic carbocycles. The van der Waals surface area contributed by atoms with Crippen molar-refractivity contribution >= 4 is 49.7 Å². The first kappa shape index (κ1) is 32.0. The van der Waals surface area contributed by atoms with Gasteiger partial charge in [-0.25, -0.2) is 13.4 Å². The maximum atomic E-state index is 12.5. The normalized spacial score (nSPS) is 15.3. The Morgan fingerprint density at radius 3 is 2.63 bits per heavy atom. The number of amides is 1. The number of halogens is 1. The predicted molar refractivity (Wildman–Crippen MR) is 180 cm³/mol. The number of nitrogens with zero attached hydrogens (tertiary/aromatic N) is 5. The number of thiophene rings is 1. The van der Waals surface area contributed by atoms with Crippen LogP contribution < -0.4 is 15.2 Å². The quantitative estimate of drug-likeness (QED) is 0.199. The highest BCUT2D eigenvalue weighted by Gasteiger charge is 2.25. The van der Waals surface area contributed by atoms with E-state index in [0.29, 0.717) is 33.5 Å². The highest BCUT2D eigenvalue weighted by atomic mass is 35.5. The number of hydrogen-bond donors (Lipinski definition) is 1. The minimum Gasteiger partial charge on any atom is -0.489 e. The molecule has 6 rings (SSSR count). The first-order valence-corrected chi connectivity index (χ1v) is 18.1. The molecule has 0 bridgehead atoms. The van der Waals surface area contributed by atoms with E-state index in [1.54, 1.807) is 17.1 Å². The number of likely N-dealkylation sites (tertiary alicyclic amines) is 1. The summed E-state index contributed by atoms with van der Waals surface area (Å²) >= 11 is 8.07. The number of nitrogens with two attached hydrogens (primary N) is 1. The van der Waals surface area contributed by atoms with E-state index in [0.717, 1.165) is 53.1 Å². The minimum absolute atomic E-state index is 0.0372. The summed E-state index contributed by atoms with van der Waals surface area (Å²) in [4.78, 5) is 19.5. The van der Waals surface area contributed by atoms with Gasteiger partial charge in [-0.2, -0.15) is 5.10 Å². The smallest absolute Gasteiger partial charge is 0.262 e. The zero-order valence-corrected chi connectivity index (χ0v) is 28.1. The van der Waals surface area contributed by atoms with Gasteiger partial charge in [0.25, 0.3) is 5.91 Å². The van der Waals surface area contributed by atoms with Gasteiger partial charge in [-0.15, -0.1) is 11.3 Å². The van der Waals surface area contributed by atoms with Gasteiger partial charge in [0, 0.05) is 56.3 Å². The molecule has 2 N–H and O–H groups in total. The lowest BCUT2D eigenvalue weighted by Gasteiger charge is -2.32. The van der Waals surface area contributed by atoms with Crippen LogP contribution in [0.1, 0.15) is 41.1 Å². The number of aryl methyl sites for hydroxylation is 1. The van der Waals surface area contributed by atoms with Crippen LogP contribution in [0, 0.1) is 0 Å². The number of ether oxygens (including phenoxy) is 2. The standard InChI is InChI=1S/C32H35ClN6O5S2/c1-20(24-5-4-6-27(30(24)33)44-23-9-11-38(12-10-23)13-14-46(3,41)42)43-28-16-29(45-31(28)32(34)40)39-19-35-25-15-21(7-8-26(25)39)22-17-36-37(2)18-22/h4-8,15-20,23H,9-14H2,1-3H3,(H2,34,40). The van der Waals surface area contributed by atoms with Crippen LogP contribution in [0.4, 0.5) is 0 Å². The molecular weight excluding hydrogens is 648 g/mol. The summed E-state index contributed by atoms with van der Waals surface area (Å²) < 4.78 is 39.3. The van der Waals surface area contributed by atoms with Gasteiger partial charge < -0.3 is 20.1 Å². The zero-order valence-electron chi connectivity index (χ0n) is 25.7. The van der Waals surface area contributed by atoms with Gasteiger partial charge in [0.05, 0.1) is 28.0 Å². The van der Waals surface area contributed by atoms with Crippen LogP contribution in [0.25, 0.3) is 27.2 Å². The highest BCUT2D eigenvalue weighted by molar-refractivity contribution is 7.90. The predicted octanol–water partition coefficient (Wildman–Crippen LogP) is 5.27. The van der Waals surface area contributed by atoms with E-state index in [1.165, 1.54) is 17.6 Å². The molecule has 3 aromatic heterocycles. The van der Waals surface area contributed by atoms with Crippen LogP contribution in [-0.2, 0) is 16.9 Å². The number of rotatable bonds is 11. The molecule has 1 amide bonds. The molecule has 242 valence electrons. The Morgan fingerprint density at radius 2 is 1.93 bits per heavy atom. The van der Waals surface area contributed by atoms with Gasteiger partial charge in [-0.05, 0) is 43.5 Å². The number of carbonyl (C=O) groups is 1. The lowest BCUT2D eigenvalue weighted by molar-refractivity contribution is 0.0997. The van der Waals surface area contributed by atoms with Crippen molar-refractivity contribution < 1.29 is 22.7 Å². The molecular formula is C32H35ClN6O5S2. The Labute approximate surface area is 276 Å². The van der Waals surface area contributed by atoms with E-state index in [2.05, 4.69) is 15.0 Å². The molecule has 0 aliphatic carbocycles. The molecule has 0 radical (unpaired) electrons. The Balaban J connectivity index is 1.17. The van der Waals surface area contributed by atoms with Crippen molar-refractivity contribution in [1.82, 2.24) is 24.2 Å². The number of imidazole rings is 1. The van der Waals surface area contributed by atoms with Crippen molar-refractivity contribution in [3.63, 3.8) is 0 Å². The van der Waals surface area contributed by atoms with Crippen molar-refractivity contribution in [2.24, 2.45) is 12.8 Å². The summed E-state index contributed by atoms with van der Waals surface area (Å²) in [5.41, 5.74) is 10.2. The molecule has 1 aliphatic heterocycles. The lowest BCUT2D eigenvalue weighted by Crippen LogP contribution is -2.40. The average Bonchev–Trinajstić information content (AvgIpc) is 3.75. The van der Waals surface area contributed by atoms with Crippen molar-refractivity contribution in [1.29, 1.82) is 0 Å². The van der Waals surface area contributed by atoms with Crippen LogP contribution >= 0.6 is 22.9 Å². The fourth-order valence-electron chi connectivity index (χ4n) is 5.59. The van der Waals surface area contributed by atoms with Crippen molar-refractivity contribution in [2.45, 2.75) is 32.0 Å². The molecule has 0 saturated carbocycles. The lowest BCUT2D eigenvalue weighted by atomic mass is 10.1. The molecule has 1 atom stereocenters.